The maximum Gasteiger partial charge on any atom is 0.0405 e. The molecule has 1 aromatic heterocycles. The van der Waals surface area contributed by atoms with Crippen LogP contribution in [0.3, 0.4) is 0 Å². The lowest BCUT2D eigenvalue weighted by atomic mass is 9.65. The summed E-state index contributed by atoms with van der Waals surface area (Å²) in [5.41, 5.74) is 2.03. The van der Waals surface area contributed by atoms with Crippen molar-refractivity contribution >= 4 is 0 Å². The highest BCUT2D eigenvalue weighted by Gasteiger charge is 2.47. The van der Waals surface area contributed by atoms with Crippen LogP contribution >= 0.6 is 0 Å². The molecule has 2 saturated heterocycles. The van der Waals surface area contributed by atoms with Gasteiger partial charge in [-0.15, -0.1) is 0 Å². The van der Waals surface area contributed by atoms with E-state index in [4.69, 9.17) is 0 Å². The van der Waals surface area contributed by atoms with E-state index in [-0.39, 0.29) is 0 Å². The highest BCUT2D eigenvalue weighted by atomic mass is 15.1. The number of nitrogens with one attached hydrogen (secondary N) is 2. The smallest absolute Gasteiger partial charge is 0.0405 e. The molecule has 88 valence electrons. The molecule has 0 saturated carbocycles. The van der Waals surface area contributed by atoms with E-state index < -0.39 is 0 Å². The summed E-state index contributed by atoms with van der Waals surface area (Å²) in [7, 11) is 0. The maximum absolute atomic E-state index is 3.62. The Kier molecular flexibility index (Phi) is 2.52. The van der Waals surface area contributed by atoms with E-state index in [1.807, 2.05) is 0 Å². The molecule has 3 nitrogen and oxygen atoms in total. The molecule has 3 rings (SSSR count). The highest BCUT2D eigenvalue weighted by Crippen LogP contribution is 2.47. The van der Waals surface area contributed by atoms with Gasteiger partial charge in [0.2, 0.25) is 0 Å². The summed E-state index contributed by atoms with van der Waals surface area (Å²) in [5.74, 6) is 0. The predicted octanol–water partition coefficient (Wildman–Crippen LogP) is 1.52. The summed E-state index contributed by atoms with van der Waals surface area (Å²) >= 11 is 0. The molecular weight excluding hydrogens is 198 g/mol. The molecule has 0 radical (unpaired) electrons. The Labute approximate surface area is 97.2 Å². The van der Waals surface area contributed by atoms with Gasteiger partial charge in [-0.25, -0.2) is 0 Å². The number of hydrogen-bond donors (Lipinski definition) is 2. The largest absolute Gasteiger partial charge is 0.354 e. The van der Waals surface area contributed by atoms with Gasteiger partial charge in [-0.2, -0.15) is 0 Å². The lowest BCUT2D eigenvalue weighted by Gasteiger charge is -2.53. The third kappa shape index (κ3) is 1.50. The fourth-order valence-corrected chi connectivity index (χ4v) is 3.18. The molecule has 1 aromatic rings. The van der Waals surface area contributed by atoms with Crippen molar-refractivity contribution in [2.75, 3.05) is 19.6 Å². The highest BCUT2D eigenvalue weighted by molar-refractivity contribution is 5.23. The van der Waals surface area contributed by atoms with Crippen LogP contribution in [0, 0.1) is 5.41 Å². The first-order valence-electron chi connectivity index (χ1n) is 6.44. The third-order valence-corrected chi connectivity index (χ3v) is 4.34. The first-order chi connectivity index (χ1) is 7.84. The van der Waals surface area contributed by atoms with Crippen LogP contribution in [0.5, 0.6) is 0 Å². The van der Waals surface area contributed by atoms with Gasteiger partial charge in [0.1, 0.15) is 0 Å². The van der Waals surface area contributed by atoms with E-state index in [0.717, 1.165) is 6.54 Å². The van der Waals surface area contributed by atoms with Crippen LogP contribution in [0.25, 0.3) is 0 Å². The number of aromatic nitrogens is 1. The van der Waals surface area contributed by atoms with Crippen LogP contribution in [-0.2, 0) is 6.54 Å². The minimum atomic E-state index is 0.547. The number of piperidine rings is 1. The van der Waals surface area contributed by atoms with Crippen LogP contribution in [0.1, 0.15) is 31.4 Å². The van der Waals surface area contributed by atoms with Crippen molar-refractivity contribution in [2.24, 2.45) is 5.41 Å². The zero-order chi connectivity index (χ0) is 11.0. The van der Waals surface area contributed by atoms with Crippen LogP contribution in [0.4, 0.5) is 0 Å². The van der Waals surface area contributed by atoms with E-state index in [2.05, 4.69) is 40.6 Å². The second-order valence-electron chi connectivity index (χ2n) is 5.20. The van der Waals surface area contributed by atoms with E-state index in [0.29, 0.717) is 11.5 Å². The predicted molar refractivity (Wildman–Crippen MR) is 65.4 cm³/mol. The summed E-state index contributed by atoms with van der Waals surface area (Å²) in [6, 6.07) is 2.88. The summed E-state index contributed by atoms with van der Waals surface area (Å²) < 4.78 is 2.27. The zero-order valence-electron chi connectivity index (χ0n) is 10.00. The Bertz CT molecular complexity index is 363. The van der Waals surface area contributed by atoms with Gasteiger partial charge in [0, 0.05) is 36.9 Å². The lowest BCUT2D eigenvalue weighted by molar-refractivity contribution is 0.0436. The molecule has 0 aliphatic carbocycles. The van der Waals surface area contributed by atoms with E-state index >= 15 is 0 Å². The molecule has 0 amide bonds. The second kappa shape index (κ2) is 3.90. The molecule has 16 heavy (non-hydrogen) atoms. The molecule has 1 spiro atoms. The van der Waals surface area contributed by atoms with Gasteiger partial charge in [0.25, 0.3) is 0 Å². The minimum absolute atomic E-state index is 0.547. The molecule has 3 heteroatoms. The first kappa shape index (κ1) is 10.4. The number of rotatable bonds is 2. The van der Waals surface area contributed by atoms with Crippen LogP contribution in [-0.4, -0.2) is 24.2 Å². The summed E-state index contributed by atoms with van der Waals surface area (Å²) in [4.78, 5) is 0. The molecule has 2 N–H and O–H groups in total. The molecule has 0 bridgehead atoms. The van der Waals surface area contributed by atoms with Gasteiger partial charge in [-0.1, -0.05) is 0 Å². The summed E-state index contributed by atoms with van der Waals surface area (Å²) in [6.45, 7) is 6.84. The SMILES string of the molecule is CCn1ccc([C@@H]2NCC23CCNCC3)c1. The monoisotopic (exact) mass is 219 g/mol. The molecule has 3 heterocycles. The molecule has 0 unspecified atom stereocenters. The van der Waals surface area contributed by atoms with E-state index in [1.54, 1.807) is 0 Å². The molecule has 0 aromatic carbocycles. The van der Waals surface area contributed by atoms with Crippen molar-refractivity contribution < 1.29 is 0 Å². The quantitative estimate of drug-likeness (QED) is 0.789. The van der Waals surface area contributed by atoms with Gasteiger partial charge < -0.3 is 15.2 Å². The normalized spacial score (nSPS) is 27.9. The Morgan fingerprint density at radius 2 is 2.25 bits per heavy atom. The van der Waals surface area contributed by atoms with Crippen molar-refractivity contribution in [2.45, 2.75) is 32.4 Å². The van der Waals surface area contributed by atoms with Crippen LogP contribution in [0.15, 0.2) is 18.5 Å². The average molecular weight is 219 g/mol. The van der Waals surface area contributed by atoms with Crippen LogP contribution < -0.4 is 10.6 Å². The van der Waals surface area contributed by atoms with Crippen molar-refractivity contribution in [1.82, 2.24) is 15.2 Å². The summed E-state index contributed by atoms with van der Waals surface area (Å²) in [6.07, 6.45) is 7.15. The van der Waals surface area contributed by atoms with Crippen molar-refractivity contribution in [3.63, 3.8) is 0 Å². The Morgan fingerprint density at radius 1 is 1.44 bits per heavy atom. The Morgan fingerprint density at radius 3 is 2.81 bits per heavy atom. The summed E-state index contributed by atoms with van der Waals surface area (Å²) in [5, 5.41) is 7.08. The minimum Gasteiger partial charge on any atom is -0.354 e. The average Bonchev–Trinajstić information content (AvgIpc) is 2.77. The first-order valence-corrected chi connectivity index (χ1v) is 6.44. The Balaban J connectivity index is 1.79. The molecule has 2 aliphatic heterocycles. The number of aryl methyl sites for hydroxylation is 1. The molecule has 2 fully saturated rings. The van der Waals surface area contributed by atoms with Crippen molar-refractivity contribution in [1.29, 1.82) is 0 Å². The van der Waals surface area contributed by atoms with Crippen molar-refractivity contribution in [3.05, 3.63) is 24.0 Å². The fourth-order valence-electron chi connectivity index (χ4n) is 3.18. The van der Waals surface area contributed by atoms with Crippen LogP contribution in [0.2, 0.25) is 0 Å². The van der Waals surface area contributed by atoms with Gasteiger partial charge in [-0.05, 0) is 44.5 Å². The van der Waals surface area contributed by atoms with E-state index in [9.17, 15) is 0 Å². The van der Waals surface area contributed by atoms with Gasteiger partial charge in [0.15, 0.2) is 0 Å². The second-order valence-corrected chi connectivity index (χ2v) is 5.20. The Hall–Kier alpha value is -0.800. The number of hydrogen-bond acceptors (Lipinski definition) is 2. The van der Waals surface area contributed by atoms with E-state index in [1.165, 1.54) is 38.0 Å². The molecule has 2 aliphatic rings. The third-order valence-electron chi connectivity index (χ3n) is 4.34. The topological polar surface area (TPSA) is 29.0 Å². The maximum atomic E-state index is 3.62. The lowest BCUT2D eigenvalue weighted by Crippen LogP contribution is -2.59. The molecule has 1 atom stereocenters. The fraction of sp³-hybridized carbons (Fsp3) is 0.692. The van der Waals surface area contributed by atoms with Crippen molar-refractivity contribution in [3.8, 4) is 0 Å². The standard InChI is InChI=1S/C13H21N3/c1-2-16-8-3-11(9-16)12-13(10-15-12)4-6-14-7-5-13/h3,8-9,12,14-15H,2,4-7,10H2,1H3/t12-/m0/s1. The number of nitrogens with zero attached hydrogens (tertiary/aromatic N) is 1. The van der Waals surface area contributed by atoms with Gasteiger partial charge in [-0.3, -0.25) is 0 Å². The molecular formula is C13H21N3. The van der Waals surface area contributed by atoms with Gasteiger partial charge >= 0.3 is 0 Å². The van der Waals surface area contributed by atoms with Gasteiger partial charge in [0.05, 0.1) is 0 Å². The zero-order valence-corrected chi connectivity index (χ0v) is 10.00.